The zero-order valence-electron chi connectivity index (χ0n) is 10.5. The van der Waals surface area contributed by atoms with E-state index in [-0.39, 0.29) is 23.0 Å². The minimum Gasteiger partial charge on any atom is -0.449 e. The molecular weight excluding hydrogens is 190 g/mol. The highest BCUT2D eigenvalue weighted by Gasteiger charge is 2.38. The molecule has 0 saturated heterocycles. The van der Waals surface area contributed by atoms with Crippen LogP contribution in [-0.4, -0.2) is 18.7 Å². The largest absolute Gasteiger partial charge is 0.449 e. The lowest BCUT2D eigenvalue weighted by Crippen LogP contribution is -2.42. The van der Waals surface area contributed by atoms with Gasteiger partial charge in [0.15, 0.2) is 0 Å². The predicted octanol–water partition coefficient (Wildman–Crippen LogP) is 2.95. The summed E-state index contributed by atoms with van der Waals surface area (Å²) in [5.41, 5.74) is 0.338. The molecule has 1 rings (SSSR count). The Morgan fingerprint density at radius 3 is 2.40 bits per heavy atom. The molecule has 1 aliphatic rings. The van der Waals surface area contributed by atoms with E-state index in [1.165, 1.54) is 12.8 Å². The summed E-state index contributed by atoms with van der Waals surface area (Å²) in [5.74, 6) is 0. The van der Waals surface area contributed by atoms with Gasteiger partial charge in [-0.1, -0.05) is 27.7 Å². The van der Waals surface area contributed by atoms with Gasteiger partial charge in [0, 0.05) is 11.5 Å². The third kappa shape index (κ3) is 4.10. The van der Waals surface area contributed by atoms with E-state index >= 15 is 0 Å². The van der Waals surface area contributed by atoms with E-state index in [1.807, 2.05) is 6.92 Å². The summed E-state index contributed by atoms with van der Waals surface area (Å²) in [6, 6.07) is 0.122. The molecule has 1 saturated carbocycles. The number of hydrogen-bond donors (Lipinski definition) is 1. The first-order valence-electron chi connectivity index (χ1n) is 5.66. The van der Waals surface area contributed by atoms with Crippen molar-refractivity contribution < 1.29 is 9.53 Å². The van der Waals surface area contributed by atoms with Gasteiger partial charge >= 0.3 is 6.09 Å². The van der Waals surface area contributed by atoms with Crippen LogP contribution in [0.15, 0.2) is 0 Å². The van der Waals surface area contributed by atoms with Crippen molar-refractivity contribution in [2.45, 2.75) is 53.5 Å². The third-order valence-electron chi connectivity index (χ3n) is 3.29. The first-order valence-corrected chi connectivity index (χ1v) is 5.66. The topological polar surface area (TPSA) is 38.3 Å². The molecule has 1 unspecified atom stereocenters. The smallest absolute Gasteiger partial charge is 0.407 e. The fourth-order valence-electron chi connectivity index (χ4n) is 1.03. The number of ether oxygens (including phenoxy) is 1. The van der Waals surface area contributed by atoms with Crippen LogP contribution < -0.4 is 5.32 Å². The fourth-order valence-corrected chi connectivity index (χ4v) is 1.03. The summed E-state index contributed by atoms with van der Waals surface area (Å²) >= 11 is 0. The second kappa shape index (κ2) is 4.03. The fraction of sp³-hybridized carbons (Fsp3) is 0.917. The summed E-state index contributed by atoms with van der Waals surface area (Å²) in [7, 11) is 0. The standard InChI is InChI=1S/C12H23NO2/c1-9(11(2,3)4)13-10(14)15-8-12(5)6-7-12/h9H,6-8H2,1-5H3,(H,13,14). The first-order chi connectivity index (χ1) is 6.73. The van der Waals surface area contributed by atoms with Crippen LogP contribution in [0, 0.1) is 10.8 Å². The van der Waals surface area contributed by atoms with Crippen molar-refractivity contribution in [3.8, 4) is 0 Å². The molecule has 1 amide bonds. The van der Waals surface area contributed by atoms with E-state index in [2.05, 4.69) is 33.0 Å². The van der Waals surface area contributed by atoms with Gasteiger partial charge in [-0.05, 0) is 25.2 Å². The number of carbonyl (C=O) groups excluding carboxylic acids is 1. The molecule has 0 aromatic carbocycles. The predicted molar refractivity (Wildman–Crippen MR) is 60.7 cm³/mol. The number of nitrogens with one attached hydrogen (secondary N) is 1. The van der Waals surface area contributed by atoms with Crippen LogP contribution in [0.5, 0.6) is 0 Å². The lowest BCUT2D eigenvalue weighted by molar-refractivity contribution is 0.115. The molecule has 0 radical (unpaired) electrons. The van der Waals surface area contributed by atoms with Crippen LogP contribution >= 0.6 is 0 Å². The van der Waals surface area contributed by atoms with Crippen molar-refractivity contribution in [3.05, 3.63) is 0 Å². The van der Waals surface area contributed by atoms with E-state index < -0.39 is 0 Å². The van der Waals surface area contributed by atoms with Crippen molar-refractivity contribution in [2.24, 2.45) is 10.8 Å². The Bertz CT molecular complexity index is 238. The van der Waals surface area contributed by atoms with Gasteiger partial charge in [-0.25, -0.2) is 4.79 Å². The molecule has 0 spiro atoms. The SMILES string of the molecule is CC(NC(=O)OCC1(C)CC1)C(C)(C)C. The van der Waals surface area contributed by atoms with Crippen molar-refractivity contribution in [3.63, 3.8) is 0 Å². The third-order valence-corrected chi connectivity index (χ3v) is 3.29. The Hall–Kier alpha value is -0.730. The molecule has 1 atom stereocenters. The molecule has 0 aromatic rings. The molecule has 1 aliphatic carbocycles. The maximum atomic E-state index is 11.4. The number of hydrogen-bond acceptors (Lipinski definition) is 2. The number of carbonyl (C=O) groups is 1. The minimum atomic E-state index is -0.287. The Labute approximate surface area is 92.6 Å². The van der Waals surface area contributed by atoms with E-state index in [9.17, 15) is 4.79 Å². The molecule has 3 nitrogen and oxygen atoms in total. The van der Waals surface area contributed by atoms with Gasteiger partial charge in [-0.3, -0.25) is 0 Å². The highest BCUT2D eigenvalue weighted by molar-refractivity contribution is 5.67. The van der Waals surface area contributed by atoms with Gasteiger partial charge in [-0.2, -0.15) is 0 Å². The minimum absolute atomic E-state index is 0.0719. The van der Waals surface area contributed by atoms with Gasteiger partial charge in [0.1, 0.15) is 0 Å². The molecule has 88 valence electrons. The molecule has 0 aromatic heterocycles. The summed E-state index contributed by atoms with van der Waals surface area (Å²) in [6.07, 6.45) is 2.06. The molecular formula is C12H23NO2. The number of alkyl carbamates (subject to hydrolysis) is 1. The van der Waals surface area contributed by atoms with Gasteiger partial charge in [0.25, 0.3) is 0 Å². The monoisotopic (exact) mass is 213 g/mol. The Kier molecular flexibility index (Phi) is 3.31. The van der Waals surface area contributed by atoms with Crippen LogP contribution in [0.3, 0.4) is 0 Å². The summed E-state index contributed by atoms with van der Waals surface area (Å²) < 4.78 is 5.18. The average Bonchev–Trinajstić information content (AvgIpc) is 2.80. The first kappa shape index (κ1) is 12.3. The zero-order chi connectivity index (χ0) is 11.7. The second-order valence-corrected chi connectivity index (χ2v) is 6.12. The molecule has 1 fully saturated rings. The summed E-state index contributed by atoms with van der Waals surface area (Å²) in [5, 5.41) is 2.86. The molecule has 1 N–H and O–H groups in total. The average molecular weight is 213 g/mol. The van der Waals surface area contributed by atoms with Crippen molar-refractivity contribution >= 4 is 6.09 Å². The van der Waals surface area contributed by atoms with Crippen LogP contribution in [0.1, 0.15) is 47.5 Å². The Morgan fingerprint density at radius 2 is 2.00 bits per heavy atom. The molecule has 15 heavy (non-hydrogen) atoms. The number of rotatable bonds is 3. The van der Waals surface area contributed by atoms with Crippen molar-refractivity contribution in [1.82, 2.24) is 5.32 Å². The summed E-state index contributed by atoms with van der Waals surface area (Å²) in [4.78, 5) is 11.4. The van der Waals surface area contributed by atoms with E-state index in [4.69, 9.17) is 4.74 Å². The van der Waals surface area contributed by atoms with Crippen LogP contribution in [-0.2, 0) is 4.74 Å². The lowest BCUT2D eigenvalue weighted by Gasteiger charge is -2.27. The maximum absolute atomic E-state index is 11.4. The van der Waals surface area contributed by atoms with Crippen molar-refractivity contribution in [1.29, 1.82) is 0 Å². The van der Waals surface area contributed by atoms with Gasteiger partial charge in [0.2, 0.25) is 0 Å². The van der Waals surface area contributed by atoms with Crippen LogP contribution in [0.4, 0.5) is 4.79 Å². The van der Waals surface area contributed by atoms with Crippen LogP contribution in [0.2, 0.25) is 0 Å². The van der Waals surface area contributed by atoms with Gasteiger partial charge in [0.05, 0.1) is 6.61 Å². The molecule has 0 bridgehead atoms. The lowest BCUT2D eigenvalue weighted by atomic mass is 9.88. The Balaban J connectivity index is 2.23. The van der Waals surface area contributed by atoms with Crippen LogP contribution in [0.25, 0.3) is 0 Å². The summed E-state index contributed by atoms with van der Waals surface area (Å²) in [6.45, 7) is 11.0. The van der Waals surface area contributed by atoms with E-state index in [0.29, 0.717) is 6.61 Å². The van der Waals surface area contributed by atoms with Crippen molar-refractivity contribution in [2.75, 3.05) is 6.61 Å². The zero-order valence-corrected chi connectivity index (χ0v) is 10.5. The second-order valence-electron chi connectivity index (χ2n) is 6.12. The number of amides is 1. The quantitative estimate of drug-likeness (QED) is 0.782. The Morgan fingerprint density at radius 1 is 1.47 bits per heavy atom. The van der Waals surface area contributed by atoms with Gasteiger partial charge < -0.3 is 10.1 Å². The highest BCUT2D eigenvalue weighted by atomic mass is 16.5. The molecule has 3 heteroatoms. The van der Waals surface area contributed by atoms with E-state index in [0.717, 1.165) is 0 Å². The molecule has 0 aliphatic heterocycles. The molecule has 0 heterocycles. The highest BCUT2D eigenvalue weighted by Crippen LogP contribution is 2.44. The van der Waals surface area contributed by atoms with E-state index in [1.54, 1.807) is 0 Å². The maximum Gasteiger partial charge on any atom is 0.407 e. The normalized spacial score (nSPS) is 20.6. The van der Waals surface area contributed by atoms with Gasteiger partial charge in [-0.15, -0.1) is 0 Å².